The zero-order valence-electron chi connectivity index (χ0n) is 24.5. The molecule has 3 aromatic rings. The number of nitrogens with one attached hydrogen (secondary N) is 1. The molecule has 1 aromatic heterocycles. The number of rotatable bonds is 6. The Balaban J connectivity index is 1.52. The van der Waals surface area contributed by atoms with Gasteiger partial charge in [-0.2, -0.15) is 0 Å². The summed E-state index contributed by atoms with van der Waals surface area (Å²) in [6.07, 6.45) is 1.65. The van der Waals surface area contributed by atoms with Crippen molar-refractivity contribution in [1.82, 2.24) is 9.88 Å². The Kier molecular flexibility index (Phi) is 7.49. The fourth-order valence-corrected chi connectivity index (χ4v) is 4.47. The first-order valence-corrected chi connectivity index (χ1v) is 13.4. The summed E-state index contributed by atoms with van der Waals surface area (Å²) in [5, 5.41) is 3.22. The van der Waals surface area contributed by atoms with Gasteiger partial charge in [0.2, 0.25) is 0 Å². The van der Waals surface area contributed by atoms with Crippen molar-refractivity contribution >= 4 is 35.1 Å². The van der Waals surface area contributed by atoms with E-state index in [1.807, 2.05) is 63.2 Å². The first-order chi connectivity index (χ1) is 18.6. The minimum absolute atomic E-state index is 0.0347. The monoisotopic (exact) mass is 542 g/mol. The molecule has 0 saturated carbocycles. The molecule has 0 radical (unpaired) electrons. The average Bonchev–Trinajstić information content (AvgIpc) is 3.02. The molecule has 1 aliphatic rings. The van der Waals surface area contributed by atoms with E-state index in [0.29, 0.717) is 22.8 Å². The second kappa shape index (κ2) is 10.4. The van der Waals surface area contributed by atoms with Crippen LogP contribution in [0.25, 0.3) is 0 Å². The van der Waals surface area contributed by atoms with E-state index >= 15 is 0 Å². The first kappa shape index (κ1) is 28.8. The van der Waals surface area contributed by atoms with E-state index in [1.165, 1.54) is 4.90 Å². The van der Waals surface area contributed by atoms with E-state index in [9.17, 15) is 14.4 Å². The van der Waals surface area contributed by atoms with Crippen LogP contribution in [0.4, 0.5) is 22.0 Å². The smallest absolute Gasteiger partial charge is 0.338 e. The third-order valence-corrected chi connectivity index (χ3v) is 6.75. The number of benzene rings is 2. The molecule has 0 spiro atoms. The lowest BCUT2D eigenvalue weighted by Crippen LogP contribution is -2.43. The Morgan fingerprint density at radius 2 is 1.62 bits per heavy atom. The molecule has 8 nitrogen and oxygen atoms in total. The van der Waals surface area contributed by atoms with E-state index in [0.717, 1.165) is 11.1 Å². The highest BCUT2D eigenvalue weighted by Crippen LogP contribution is 2.34. The summed E-state index contributed by atoms with van der Waals surface area (Å²) in [6, 6.07) is 17.9. The number of aromatic nitrogens is 1. The highest BCUT2D eigenvalue weighted by Gasteiger charge is 2.51. The number of amides is 3. The van der Waals surface area contributed by atoms with Crippen molar-refractivity contribution in [2.45, 2.75) is 78.5 Å². The molecule has 4 rings (SSSR count). The quantitative estimate of drug-likeness (QED) is 0.271. The van der Waals surface area contributed by atoms with Crippen molar-refractivity contribution in [3.63, 3.8) is 0 Å². The van der Waals surface area contributed by atoms with Gasteiger partial charge in [0.25, 0.3) is 5.91 Å². The molecule has 1 saturated heterocycles. The third kappa shape index (κ3) is 6.17. The van der Waals surface area contributed by atoms with Crippen molar-refractivity contribution in [1.29, 1.82) is 0 Å². The van der Waals surface area contributed by atoms with Gasteiger partial charge in [0.1, 0.15) is 17.0 Å². The number of imide groups is 1. The minimum Gasteiger partial charge on any atom is -0.456 e. The molecule has 0 unspecified atom stereocenters. The summed E-state index contributed by atoms with van der Waals surface area (Å²) in [5.41, 5.74) is 1.93. The summed E-state index contributed by atoms with van der Waals surface area (Å²) in [7, 11) is 0. The first-order valence-electron chi connectivity index (χ1n) is 13.4. The number of anilines is 3. The minimum atomic E-state index is -1.03. The standard InChI is InChI=1S/C32H38N4O4/c1-30(2,3)23-12-14-25(15-13-23)36-28(38)32(7,8)35(29(36)39)20-21-16-17-33-26(18-21)34-24-11-9-10-22(19-24)27(37)40-31(4,5)6/h9-19H,20H2,1-8H3,(H,33,34). The molecule has 3 amide bonds. The van der Waals surface area contributed by atoms with E-state index in [4.69, 9.17) is 4.74 Å². The predicted octanol–water partition coefficient (Wildman–Crippen LogP) is 6.83. The number of nitrogens with zero attached hydrogens (tertiary/aromatic N) is 3. The van der Waals surface area contributed by atoms with Crippen molar-refractivity contribution in [2.75, 3.05) is 10.2 Å². The zero-order chi connectivity index (χ0) is 29.5. The Morgan fingerprint density at radius 1 is 0.950 bits per heavy atom. The van der Waals surface area contributed by atoms with Crippen LogP contribution in [0.1, 0.15) is 76.9 Å². The van der Waals surface area contributed by atoms with Gasteiger partial charge in [-0.15, -0.1) is 0 Å². The Hall–Kier alpha value is -4.20. The average molecular weight is 543 g/mol. The molecular weight excluding hydrogens is 504 g/mol. The number of hydrogen-bond donors (Lipinski definition) is 1. The fraction of sp³-hybridized carbons (Fsp3) is 0.375. The second-order valence-corrected chi connectivity index (χ2v) is 12.6. The van der Waals surface area contributed by atoms with Gasteiger partial charge in [0.15, 0.2) is 0 Å². The van der Waals surface area contributed by atoms with Gasteiger partial charge in [-0.05, 0) is 93.6 Å². The molecule has 0 aliphatic carbocycles. The lowest BCUT2D eigenvalue weighted by molar-refractivity contribution is -0.123. The Bertz CT molecular complexity index is 1430. The Labute approximate surface area is 236 Å². The summed E-state index contributed by atoms with van der Waals surface area (Å²) in [6.45, 7) is 15.6. The largest absolute Gasteiger partial charge is 0.456 e. The van der Waals surface area contributed by atoms with Gasteiger partial charge >= 0.3 is 12.0 Å². The van der Waals surface area contributed by atoms with Crippen LogP contribution in [0.3, 0.4) is 0 Å². The van der Waals surface area contributed by atoms with E-state index < -0.39 is 17.1 Å². The molecule has 40 heavy (non-hydrogen) atoms. The normalized spacial score (nSPS) is 15.4. The molecule has 0 atom stereocenters. The summed E-state index contributed by atoms with van der Waals surface area (Å²) in [5.74, 6) is -0.133. The van der Waals surface area contributed by atoms with Crippen LogP contribution in [-0.2, 0) is 21.5 Å². The van der Waals surface area contributed by atoms with E-state index in [2.05, 4.69) is 31.1 Å². The molecule has 8 heteroatoms. The maximum atomic E-state index is 13.6. The van der Waals surface area contributed by atoms with Crippen LogP contribution in [0.5, 0.6) is 0 Å². The number of urea groups is 1. The van der Waals surface area contributed by atoms with Crippen LogP contribution in [0.2, 0.25) is 0 Å². The van der Waals surface area contributed by atoms with Crippen LogP contribution >= 0.6 is 0 Å². The van der Waals surface area contributed by atoms with Gasteiger partial charge in [-0.25, -0.2) is 19.5 Å². The number of hydrogen-bond acceptors (Lipinski definition) is 6. The molecule has 2 aromatic carbocycles. The fourth-order valence-electron chi connectivity index (χ4n) is 4.47. The van der Waals surface area contributed by atoms with Crippen molar-refractivity contribution in [3.05, 3.63) is 83.6 Å². The Morgan fingerprint density at radius 3 is 2.25 bits per heavy atom. The number of carbonyl (C=O) groups is 3. The van der Waals surface area contributed by atoms with Crippen molar-refractivity contribution in [3.8, 4) is 0 Å². The van der Waals surface area contributed by atoms with Gasteiger partial charge in [0.05, 0.1) is 11.3 Å². The van der Waals surface area contributed by atoms with Gasteiger partial charge in [0, 0.05) is 18.4 Å². The number of pyridine rings is 1. The van der Waals surface area contributed by atoms with Gasteiger partial charge in [-0.1, -0.05) is 39.0 Å². The van der Waals surface area contributed by atoms with E-state index in [-0.39, 0.29) is 23.9 Å². The molecule has 210 valence electrons. The maximum Gasteiger partial charge on any atom is 0.338 e. The van der Waals surface area contributed by atoms with Crippen LogP contribution in [0.15, 0.2) is 66.9 Å². The lowest BCUT2D eigenvalue weighted by atomic mass is 9.87. The zero-order valence-corrected chi connectivity index (χ0v) is 24.5. The number of esters is 1. The molecule has 1 aliphatic heterocycles. The number of ether oxygens (including phenoxy) is 1. The van der Waals surface area contributed by atoms with Gasteiger partial charge < -0.3 is 15.0 Å². The van der Waals surface area contributed by atoms with E-state index in [1.54, 1.807) is 43.1 Å². The van der Waals surface area contributed by atoms with Crippen LogP contribution in [0, 0.1) is 0 Å². The molecule has 1 fully saturated rings. The summed E-state index contributed by atoms with van der Waals surface area (Å²) in [4.78, 5) is 46.7. The number of carbonyl (C=O) groups excluding carboxylic acids is 3. The molecule has 2 heterocycles. The summed E-state index contributed by atoms with van der Waals surface area (Å²) < 4.78 is 5.47. The topological polar surface area (TPSA) is 91.8 Å². The summed E-state index contributed by atoms with van der Waals surface area (Å²) >= 11 is 0. The second-order valence-electron chi connectivity index (χ2n) is 12.6. The highest BCUT2D eigenvalue weighted by molar-refractivity contribution is 6.22. The highest BCUT2D eigenvalue weighted by atomic mass is 16.6. The van der Waals surface area contributed by atoms with Crippen LogP contribution < -0.4 is 10.2 Å². The van der Waals surface area contributed by atoms with Crippen molar-refractivity contribution < 1.29 is 19.1 Å². The maximum absolute atomic E-state index is 13.6. The molecule has 1 N–H and O–H groups in total. The third-order valence-electron chi connectivity index (χ3n) is 6.75. The predicted molar refractivity (Wildman–Crippen MR) is 157 cm³/mol. The molecule has 0 bridgehead atoms. The van der Waals surface area contributed by atoms with Crippen LogP contribution in [-0.4, -0.2) is 38.9 Å². The van der Waals surface area contributed by atoms with Crippen molar-refractivity contribution in [2.24, 2.45) is 0 Å². The lowest BCUT2D eigenvalue weighted by Gasteiger charge is -2.27. The van der Waals surface area contributed by atoms with Gasteiger partial charge in [-0.3, -0.25) is 4.79 Å². The molecular formula is C32H38N4O4. The SMILES string of the molecule is CC(C)(C)OC(=O)c1cccc(Nc2cc(CN3C(=O)N(c4ccc(C(C)(C)C)cc4)C(=O)C3(C)C)ccn2)c1.